The van der Waals surface area contributed by atoms with Crippen LogP contribution in [0.25, 0.3) is 0 Å². The second kappa shape index (κ2) is 4.86. The van der Waals surface area contributed by atoms with Crippen LogP contribution in [-0.2, 0) is 0 Å². The monoisotopic (exact) mass is 432 g/mol. The summed E-state index contributed by atoms with van der Waals surface area (Å²) in [7, 11) is 0. The third-order valence-electron chi connectivity index (χ3n) is 11.1. The fraction of sp³-hybridized carbons (Fsp3) is 1.00. The largest absolute Gasteiger partial charge is 0.0928 e. The average molecular weight is 434 g/mol. The second-order valence-electron chi connectivity index (χ2n) is 14.8. The summed E-state index contributed by atoms with van der Waals surface area (Å²) in [5.41, 5.74) is 4.64. The molecule has 8 aliphatic rings. The molecule has 0 aromatic rings. The van der Waals surface area contributed by atoms with Crippen LogP contribution in [0.3, 0.4) is 0 Å². The van der Waals surface area contributed by atoms with Gasteiger partial charge in [-0.2, -0.15) is 0 Å². The van der Waals surface area contributed by atoms with Gasteiger partial charge in [0.25, 0.3) is 0 Å². The van der Waals surface area contributed by atoms with Crippen LogP contribution in [0, 0.1) is 43.8 Å². The van der Waals surface area contributed by atoms with E-state index in [-0.39, 0.29) is 0 Å². The van der Waals surface area contributed by atoms with E-state index in [4.69, 9.17) is 0 Å². The van der Waals surface area contributed by atoms with E-state index in [0.717, 1.165) is 5.92 Å². The number of hydrogen-bond donors (Lipinski definition) is 0. The zero-order valence-electron chi connectivity index (χ0n) is 18.4. The summed E-state index contributed by atoms with van der Waals surface area (Å²) in [5, 5.41) is 1.22. The van der Waals surface area contributed by atoms with Gasteiger partial charge >= 0.3 is 0 Å². The Labute approximate surface area is 176 Å². The van der Waals surface area contributed by atoms with Gasteiger partial charge in [0.2, 0.25) is 0 Å². The first-order chi connectivity index (χ1) is 12.5. The number of rotatable bonds is 3. The molecule has 0 amide bonds. The molecular weight excluding hydrogens is 392 g/mol. The third kappa shape index (κ3) is 2.33. The van der Waals surface area contributed by atoms with Gasteiger partial charge in [0.15, 0.2) is 0 Å². The first-order valence-corrected chi connectivity index (χ1v) is 13.1. The molecule has 8 rings (SSSR count). The first kappa shape index (κ1) is 18.3. The molecule has 4 atom stereocenters. The van der Waals surface area contributed by atoms with Crippen molar-refractivity contribution in [2.24, 2.45) is 43.8 Å². The minimum atomic E-state index is 0.636. The lowest BCUT2D eigenvalue weighted by molar-refractivity contribution is -0.283. The lowest BCUT2D eigenvalue weighted by Crippen LogP contribution is -2.68. The van der Waals surface area contributed by atoms with E-state index >= 15 is 0 Å². The molecular formula is C26H41Br. The molecule has 0 nitrogen and oxygen atoms in total. The van der Waals surface area contributed by atoms with Gasteiger partial charge < -0.3 is 0 Å². The highest BCUT2D eigenvalue weighted by Crippen LogP contribution is 2.84. The van der Waals surface area contributed by atoms with Crippen molar-refractivity contribution in [3.05, 3.63) is 0 Å². The maximum atomic E-state index is 3.87. The maximum Gasteiger partial charge on any atom is 0.00365 e. The van der Waals surface area contributed by atoms with E-state index in [0.29, 0.717) is 37.9 Å². The Morgan fingerprint density at radius 3 is 1.63 bits per heavy atom. The predicted molar refractivity (Wildman–Crippen MR) is 117 cm³/mol. The average Bonchev–Trinajstić information content (AvgIpc) is 2.38. The highest BCUT2D eigenvalue weighted by Gasteiger charge is 2.73. The second-order valence-corrected chi connectivity index (χ2v) is 15.6. The molecule has 8 bridgehead atoms. The zero-order chi connectivity index (χ0) is 19.0. The molecule has 1 heteroatoms. The third-order valence-corrected chi connectivity index (χ3v) is 11.5. The fourth-order valence-electron chi connectivity index (χ4n) is 13.0. The van der Waals surface area contributed by atoms with Crippen molar-refractivity contribution >= 4 is 15.9 Å². The van der Waals surface area contributed by atoms with Gasteiger partial charge in [0.05, 0.1) is 0 Å². The lowest BCUT2D eigenvalue weighted by atomic mass is 9.26. The highest BCUT2D eigenvalue weighted by molar-refractivity contribution is 9.09. The molecule has 0 aromatic heterocycles. The highest BCUT2D eigenvalue weighted by atomic mass is 79.9. The van der Waals surface area contributed by atoms with Crippen LogP contribution < -0.4 is 0 Å². The molecule has 0 heterocycles. The van der Waals surface area contributed by atoms with E-state index in [1.807, 2.05) is 0 Å². The minimum absolute atomic E-state index is 0.636. The van der Waals surface area contributed by atoms with Crippen molar-refractivity contribution in [3.63, 3.8) is 0 Å². The molecule has 27 heavy (non-hydrogen) atoms. The standard InChI is InChI=1S/C26H41Br/c1-20-7-19-8-21(2,10-20)15-25(9-19,14-20)26-16-22(3)11-23(4,17-26)13-24(12-22,18-26)5-6-27/h19H,5-18H2,1-4H3. The Bertz CT molecular complexity index is 654. The Morgan fingerprint density at radius 1 is 0.593 bits per heavy atom. The summed E-state index contributed by atoms with van der Waals surface area (Å²) in [4.78, 5) is 0. The van der Waals surface area contributed by atoms with Gasteiger partial charge in [-0.25, -0.2) is 0 Å². The summed E-state index contributed by atoms with van der Waals surface area (Å²) in [6.07, 6.45) is 20.2. The molecule has 152 valence electrons. The Balaban J connectivity index is 1.49. The van der Waals surface area contributed by atoms with Crippen molar-refractivity contribution in [1.29, 1.82) is 0 Å². The molecule has 8 aliphatic carbocycles. The van der Waals surface area contributed by atoms with Crippen LogP contribution >= 0.6 is 15.9 Å². The first-order valence-electron chi connectivity index (χ1n) is 12.0. The molecule has 0 aliphatic heterocycles. The Hall–Kier alpha value is 0.480. The number of halogens is 1. The summed E-state index contributed by atoms with van der Waals surface area (Å²) in [6.45, 7) is 10.8. The van der Waals surface area contributed by atoms with Gasteiger partial charge in [0.1, 0.15) is 0 Å². The summed E-state index contributed by atoms with van der Waals surface area (Å²) in [6, 6.07) is 0. The zero-order valence-corrected chi connectivity index (χ0v) is 19.9. The van der Waals surface area contributed by atoms with E-state index in [1.165, 1.54) is 37.4 Å². The van der Waals surface area contributed by atoms with Crippen molar-refractivity contribution in [1.82, 2.24) is 0 Å². The van der Waals surface area contributed by atoms with Crippen molar-refractivity contribution in [3.8, 4) is 0 Å². The molecule has 0 radical (unpaired) electrons. The lowest BCUT2D eigenvalue weighted by Gasteiger charge is -2.78. The van der Waals surface area contributed by atoms with Gasteiger partial charge in [-0.05, 0) is 127 Å². The van der Waals surface area contributed by atoms with Crippen LogP contribution in [0.4, 0.5) is 0 Å². The van der Waals surface area contributed by atoms with Gasteiger partial charge in [-0.15, -0.1) is 0 Å². The van der Waals surface area contributed by atoms with Crippen LogP contribution in [0.15, 0.2) is 0 Å². The Kier molecular flexibility index (Phi) is 3.29. The molecule has 0 aromatic carbocycles. The predicted octanol–water partition coefficient (Wildman–Crippen LogP) is 8.13. The van der Waals surface area contributed by atoms with Gasteiger partial charge in [-0.3, -0.25) is 0 Å². The topological polar surface area (TPSA) is 0 Å². The van der Waals surface area contributed by atoms with Crippen molar-refractivity contribution < 1.29 is 0 Å². The maximum absolute atomic E-state index is 3.87. The van der Waals surface area contributed by atoms with E-state index in [1.54, 1.807) is 51.4 Å². The molecule has 0 saturated heterocycles. The summed E-state index contributed by atoms with van der Waals surface area (Å²) < 4.78 is 0. The van der Waals surface area contributed by atoms with Crippen LogP contribution in [0.2, 0.25) is 0 Å². The van der Waals surface area contributed by atoms with Gasteiger partial charge in [-0.1, -0.05) is 43.6 Å². The molecule has 0 spiro atoms. The summed E-state index contributed by atoms with van der Waals surface area (Å²) in [5.74, 6) is 1.05. The SMILES string of the molecule is CC12CC3CC(C)(C1)CC(C14CC5(C)CC(C)(CC(CCBr)(C5)C1)C4)(C3)C2. The van der Waals surface area contributed by atoms with Crippen LogP contribution in [-0.4, -0.2) is 5.33 Å². The van der Waals surface area contributed by atoms with Crippen LogP contribution in [0.5, 0.6) is 0 Å². The van der Waals surface area contributed by atoms with Crippen LogP contribution in [0.1, 0.15) is 111 Å². The molecule has 8 saturated carbocycles. The quantitative estimate of drug-likeness (QED) is 0.394. The van der Waals surface area contributed by atoms with E-state index in [9.17, 15) is 0 Å². The molecule has 0 N–H and O–H groups in total. The molecule has 4 unspecified atom stereocenters. The minimum Gasteiger partial charge on any atom is -0.0928 e. The normalized spacial score (nSPS) is 65.9. The number of alkyl halides is 1. The number of hydrogen-bond acceptors (Lipinski definition) is 0. The van der Waals surface area contributed by atoms with Gasteiger partial charge in [0, 0.05) is 5.33 Å². The summed E-state index contributed by atoms with van der Waals surface area (Å²) >= 11 is 3.87. The van der Waals surface area contributed by atoms with Crippen molar-refractivity contribution in [2.45, 2.75) is 111 Å². The Morgan fingerprint density at radius 2 is 1.11 bits per heavy atom. The molecule has 8 fully saturated rings. The van der Waals surface area contributed by atoms with E-state index < -0.39 is 0 Å². The van der Waals surface area contributed by atoms with E-state index in [2.05, 4.69) is 43.6 Å². The fourth-order valence-corrected chi connectivity index (χ4v) is 13.9. The van der Waals surface area contributed by atoms with Crippen molar-refractivity contribution in [2.75, 3.05) is 5.33 Å². The smallest absolute Gasteiger partial charge is 0.00365 e.